The molecule has 7 nitrogen and oxygen atoms in total. The van der Waals surface area contributed by atoms with E-state index in [1.54, 1.807) is 11.1 Å². The third-order valence-electron chi connectivity index (χ3n) is 6.91. The van der Waals surface area contributed by atoms with Gasteiger partial charge in [-0.1, -0.05) is 24.3 Å². The van der Waals surface area contributed by atoms with Crippen LogP contribution in [-0.4, -0.2) is 40.7 Å². The van der Waals surface area contributed by atoms with Crippen molar-refractivity contribution in [2.45, 2.75) is 33.1 Å². The largest absolute Gasteiger partial charge is 0.493 e. The van der Waals surface area contributed by atoms with Crippen LogP contribution in [0.2, 0.25) is 0 Å². The maximum Gasteiger partial charge on any atom is 0.415 e. The Morgan fingerprint density at radius 3 is 2.28 bits per heavy atom. The molecule has 0 spiro atoms. The summed E-state index contributed by atoms with van der Waals surface area (Å²) < 4.78 is 17.4. The number of likely N-dealkylation sites (tertiary alicyclic amines) is 1. The van der Waals surface area contributed by atoms with Gasteiger partial charge in [-0.05, 0) is 91.8 Å². The van der Waals surface area contributed by atoms with E-state index < -0.39 is 0 Å². The molecule has 200 valence electrons. The van der Waals surface area contributed by atoms with E-state index in [4.69, 9.17) is 14.2 Å². The van der Waals surface area contributed by atoms with Gasteiger partial charge < -0.3 is 19.1 Å². The van der Waals surface area contributed by atoms with Crippen LogP contribution in [0.5, 0.6) is 23.1 Å². The van der Waals surface area contributed by atoms with Gasteiger partial charge in [0.05, 0.1) is 6.61 Å². The van der Waals surface area contributed by atoms with Crippen LogP contribution in [0.3, 0.4) is 0 Å². The Bertz CT molecular complexity index is 1360. The summed E-state index contributed by atoms with van der Waals surface area (Å²) in [6.45, 7) is 5.97. The van der Waals surface area contributed by atoms with E-state index in [0.717, 1.165) is 41.8 Å². The molecule has 0 aliphatic carbocycles. The zero-order chi connectivity index (χ0) is 27.0. The minimum absolute atomic E-state index is 0.304. The lowest BCUT2D eigenvalue weighted by Crippen LogP contribution is -2.41. The quantitative estimate of drug-likeness (QED) is 0.254. The predicted molar refractivity (Wildman–Crippen MR) is 150 cm³/mol. The van der Waals surface area contributed by atoms with Crippen LogP contribution in [0.25, 0.3) is 0 Å². The number of piperidine rings is 1. The summed E-state index contributed by atoms with van der Waals surface area (Å²) in [5.41, 5.74) is 4.44. The van der Waals surface area contributed by atoms with Gasteiger partial charge in [0, 0.05) is 43.7 Å². The van der Waals surface area contributed by atoms with Gasteiger partial charge in [-0.25, -0.2) is 9.78 Å². The Kier molecular flexibility index (Phi) is 8.36. The maximum atomic E-state index is 12.7. The smallest absolute Gasteiger partial charge is 0.415 e. The van der Waals surface area contributed by atoms with Gasteiger partial charge in [-0.15, -0.1) is 0 Å². The summed E-state index contributed by atoms with van der Waals surface area (Å²) in [7, 11) is 0. The first-order chi connectivity index (χ1) is 19.0. The third kappa shape index (κ3) is 7.35. The number of aryl methyl sites for hydroxylation is 2. The minimum atomic E-state index is -0.304. The normalized spacial score (nSPS) is 13.6. The molecule has 0 bridgehead atoms. The fourth-order valence-corrected chi connectivity index (χ4v) is 4.47. The number of carbonyl (C=O) groups is 1. The topological polar surface area (TPSA) is 73.8 Å². The minimum Gasteiger partial charge on any atom is -0.493 e. The second-order valence-electron chi connectivity index (χ2n) is 9.94. The highest BCUT2D eigenvalue weighted by Crippen LogP contribution is 2.25. The fourth-order valence-electron chi connectivity index (χ4n) is 4.47. The van der Waals surface area contributed by atoms with Gasteiger partial charge >= 0.3 is 6.09 Å². The van der Waals surface area contributed by atoms with Crippen LogP contribution >= 0.6 is 0 Å². The van der Waals surface area contributed by atoms with Crippen molar-refractivity contribution in [2.75, 3.05) is 19.7 Å². The van der Waals surface area contributed by atoms with Crippen LogP contribution in [0.15, 0.2) is 85.2 Å². The highest BCUT2D eigenvalue weighted by atomic mass is 16.6. The number of hydrogen-bond acceptors (Lipinski definition) is 6. The van der Waals surface area contributed by atoms with Crippen molar-refractivity contribution in [1.29, 1.82) is 0 Å². The van der Waals surface area contributed by atoms with Crippen LogP contribution < -0.4 is 14.2 Å². The molecule has 1 saturated heterocycles. The van der Waals surface area contributed by atoms with Gasteiger partial charge in [0.25, 0.3) is 0 Å². The van der Waals surface area contributed by atoms with Gasteiger partial charge in [-0.3, -0.25) is 4.98 Å². The Labute approximate surface area is 229 Å². The van der Waals surface area contributed by atoms with Crippen LogP contribution in [-0.2, 0) is 6.42 Å². The molecule has 0 unspecified atom stereocenters. The zero-order valence-electron chi connectivity index (χ0n) is 22.4. The third-order valence-corrected chi connectivity index (χ3v) is 6.91. The molecule has 0 radical (unpaired) electrons. The second-order valence-corrected chi connectivity index (χ2v) is 9.94. The molecule has 0 saturated carbocycles. The number of rotatable bonds is 8. The lowest BCUT2D eigenvalue weighted by molar-refractivity contribution is 0.117. The molecule has 3 heterocycles. The van der Waals surface area contributed by atoms with Crippen molar-refractivity contribution in [3.8, 4) is 23.1 Å². The Balaban J connectivity index is 1.03. The summed E-state index contributed by atoms with van der Waals surface area (Å²) in [5.74, 6) is 3.01. The highest BCUT2D eigenvalue weighted by molar-refractivity contribution is 5.70. The number of nitrogens with zero attached hydrogens (tertiary/aromatic N) is 3. The summed E-state index contributed by atoms with van der Waals surface area (Å²) in [6.07, 6.45) is 5.78. The number of carbonyl (C=O) groups excluding carboxylic acids is 1. The first-order valence-corrected chi connectivity index (χ1v) is 13.3. The predicted octanol–water partition coefficient (Wildman–Crippen LogP) is 6.77. The Hall–Kier alpha value is -4.39. The van der Waals surface area contributed by atoms with Gasteiger partial charge in [-0.2, -0.15) is 0 Å². The van der Waals surface area contributed by atoms with Crippen molar-refractivity contribution >= 4 is 6.09 Å². The molecule has 2 aromatic carbocycles. The van der Waals surface area contributed by atoms with E-state index >= 15 is 0 Å². The number of ether oxygens (including phenoxy) is 3. The number of amides is 1. The van der Waals surface area contributed by atoms with E-state index in [2.05, 4.69) is 23.0 Å². The average molecular weight is 524 g/mol. The SMILES string of the molecule is Cc1ccc(Oc2ccc(OCC3CCN(C(=O)Oc4ccc(Cc5ncccc5C)cc4)CC3)cc2)nc1. The summed E-state index contributed by atoms with van der Waals surface area (Å²) in [5, 5.41) is 0. The Morgan fingerprint density at radius 2 is 1.59 bits per heavy atom. The van der Waals surface area contributed by atoms with Crippen LogP contribution in [0.4, 0.5) is 4.79 Å². The number of aromatic nitrogens is 2. The molecule has 0 atom stereocenters. The molecule has 5 rings (SSSR count). The second kappa shape index (κ2) is 12.4. The van der Waals surface area contributed by atoms with Gasteiger partial charge in [0.15, 0.2) is 0 Å². The molecule has 2 aromatic heterocycles. The number of pyridine rings is 2. The molecule has 39 heavy (non-hydrogen) atoms. The maximum absolute atomic E-state index is 12.7. The van der Waals surface area contributed by atoms with Crippen molar-refractivity contribution in [1.82, 2.24) is 14.9 Å². The number of hydrogen-bond donors (Lipinski definition) is 0. The summed E-state index contributed by atoms with van der Waals surface area (Å²) in [6, 6.07) is 23.0. The lowest BCUT2D eigenvalue weighted by atomic mass is 9.98. The van der Waals surface area contributed by atoms with Crippen molar-refractivity contribution in [3.05, 3.63) is 108 Å². The van der Waals surface area contributed by atoms with Crippen molar-refractivity contribution in [3.63, 3.8) is 0 Å². The molecular weight excluding hydrogens is 490 g/mol. The molecule has 1 amide bonds. The molecule has 7 heteroatoms. The molecule has 1 aliphatic heterocycles. The van der Waals surface area contributed by atoms with Crippen molar-refractivity contribution < 1.29 is 19.0 Å². The summed E-state index contributed by atoms with van der Waals surface area (Å²) >= 11 is 0. The van der Waals surface area contributed by atoms with E-state index in [1.165, 1.54) is 5.56 Å². The van der Waals surface area contributed by atoms with Gasteiger partial charge in [0.1, 0.15) is 17.2 Å². The average Bonchev–Trinajstić information content (AvgIpc) is 2.96. The van der Waals surface area contributed by atoms with Crippen molar-refractivity contribution in [2.24, 2.45) is 5.92 Å². The van der Waals surface area contributed by atoms with Gasteiger partial charge in [0.2, 0.25) is 5.88 Å². The lowest BCUT2D eigenvalue weighted by Gasteiger charge is -2.31. The molecule has 1 fully saturated rings. The van der Waals surface area contributed by atoms with Crippen LogP contribution in [0, 0.1) is 19.8 Å². The van der Waals surface area contributed by atoms with E-state index in [0.29, 0.717) is 43.0 Å². The molecule has 1 aliphatic rings. The first-order valence-electron chi connectivity index (χ1n) is 13.3. The summed E-state index contributed by atoms with van der Waals surface area (Å²) in [4.78, 5) is 23.2. The number of benzene rings is 2. The zero-order valence-corrected chi connectivity index (χ0v) is 22.4. The molecule has 0 N–H and O–H groups in total. The van der Waals surface area contributed by atoms with E-state index in [9.17, 15) is 4.79 Å². The highest BCUT2D eigenvalue weighted by Gasteiger charge is 2.24. The van der Waals surface area contributed by atoms with Crippen LogP contribution in [0.1, 0.15) is 35.2 Å². The first kappa shape index (κ1) is 26.2. The fraction of sp³-hybridized carbons (Fsp3) is 0.281. The van der Waals surface area contributed by atoms with E-state index in [1.807, 2.05) is 79.9 Å². The molecular formula is C32H33N3O4. The molecule has 4 aromatic rings. The van der Waals surface area contributed by atoms with E-state index in [-0.39, 0.29) is 6.09 Å². The standard InChI is InChI=1S/C32H33N3O4/c1-23-5-14-31(34-21-23)38-28-12-10-27(11-13-28)37-22-26-15-18-35(19-16-26)32(36)39-29-8-6-25(7-9-29)20-30-24(2)4-3-17-33-30/h3-14,17,21,26H,15-16,18-20,22H2,1-2H3. The monoisotopic (exact) mass is 523 g/mol. The Morgan fingerprint density at radius 1 is 0.872 bits per heavy atom.